The molecular formula is C40H49F3O. The lowest BCUT2D eigenvalue weighted by Gasteiger charge is -2.35. The van der Waals surface area contributed by atoms with Crippen LogP contribution in [0.4, 0.5) is 13.2 Å². The second-order valence-electron chi connectivity index (χ2n) is 13.1. The average Bonchev–Trinajstić information content (AvgIpc) is 3.05. The summed E-state index contributed by atoms with van der Waals surface area (Å²) in [5, 5.41) is 0. The second kappa shape index (κ2) is 15.8. The van der Waals surface area contributed by atoms with Gasteiger partial charge in [0.25, 0.3) is 0 Å². The van der Waals surface area contributed by atoms with Gasteiger partial charge in [0.05, 0.1) is 6.61 Å². The van der Waals surface area contributed by atoms with Crippen molar-refractivity contribution in [2.75, 3.05) is 6.61 Å². The molecule has 0 amide bonds. The molecule has 1 saturated carbocycles. The summed E-state index contributed by atoms with van der Waals surface area (Å²) in [6, 6.07) is 15.5. The Morgan fingerprint density at radius 1 is 0.659 bits per heavy atom. The van der Waals surface area contributed by atoms with E-state index in [0.717, 1.165) is 61.8 Å². The van der Waals surface area contributed by atoms with Crippen LogP contribution in [0.1, 0.15) is 109 Å². The Bertz CT molecular complexity index is 1380. The first-order valence-electron chi connectivity index (χ1n) is 17.2. The molecule has 1 fully saturated rings. The highest BCUT2D eigenvalue weighted by atomic mass is 19.2. The lowest BCUT2D eigenvalue weighted by Crippen LogP contribution is -2.23. The van der Waals surface area contributed by atoms with Crippen LogP contribution in [0.15, 0.2) is 60.7 Å². The summed E-state index contributed by atoms with van der Waals surface area (Å²) in [6.45, 7) is 4.82. The van der Waals surface area contributed by atoms with E-state index in [9.17, 15) is 8.78 Å². The molecule has 2 aliphatic carbocycles. The van der Waals surface area contributed by atoms with E-state index in [1.807, 2.05) is 12.1 Å². The van der Waals surface area contributed by atoms with Crippen molar-refractivity contribution in [2.45, 2.75) is 104 Å². The van der Waals surface area contributed by atoms with Crippen molar-refractivity contribution in [1.29, 1.82) is 0 Å². The van der Waals surface area contributed by atoms with Crippen LogP contribution in [-0.2, 0) is 0 Å². The SMILES string of the molecule is CCCCCCCOc1ccc(-c2ccc(-c3ccc(C4=CCC(C5CCC(CCC)CC5)CC4)cc3F)cc2)c(F)c1F. The van der Waals surface area contributed by atoms with Crippen molar-refractivity contribution in [3.05, 3.63) is 83.7 Å². The van der Waals surface area contributed by atoms with Gasteiger partial charge in [0.1, 0.15) is 5.82 Å². The summed E-state index contributed by atoms with van der Waals surface area (Å²) in [7, 11) is 0. The van der Waals surface area contributed by atoms with Crippen molar-refractivity contribution < 1.29 is 17.9 Å². The molecule has 3 aromatic rings. The van der Waals surface area contributed by atoms with Crippen LogP contribution >= 0.6 is 0 Å². The number of benzene rings is 3. The minimum atomic E-state index is -0.968. The third-order valence-corrected chi connectivity index (χ3v) is 10.1. The summed E-state index contributed by atoms with van der Waals surface area (Å²) in [4.78, 5) is 0. The highest BCUT2D eigenvalue weighted by Gasteiger charge is 2.28. The highest BCUT2D eigenvalue weighted by Crippen LogP contribution is 2.42. The van der Waals surface area contributed by atoms with Crippen LogP contribution in [0, 0.1) is 35.2 Å². The molecule has 0 saturated heterocycles. The first-order chi connectivity index (χ1) is 21.5. The molecule has 0 bridgehead atoms. The van der Waals surface area contributed by atoms with Crippen LogP contribution in [0.5, 0.6) is 5.75 Å². The average molecular weight is 603 g/mol. The fraction of sp³-hybridized carbons (Fsp3) is 0.500. The Labute approximate surface area is 262 Å². The third-order valence-electron chi connectivity index (χ3n) is 10.1. The molecule has 0 N–H and O–H groups in total. The first kappa shape index (κ1) is 32.4. The van der Waals surface area contributed by atoms with Gasteiger partial charge in [-0.05, 0) is 96.7 Å². The highest BCUT2D eigenvalue weighted by molar-refractivity contribution is 5.74. The van der Waals surface area contributed by atoms with Crippen LogP contribution in [0.2, 0.25) is 0 Å². The van der Waals surface area contributed by atoms with Gasteiger partial charge >= 0.3 is 0 Å². The van der Waals surface area contributed by atoms with Gasteiger partial charge in [0, 0.05) is 11.1 Å². The van der Waals surface area contributed by atoms with Gasteiger partial charge in [0.2, 0.25) is 5.82 Å². The fourth-order valence-corrected chi connectivity index (χ4v) is 7.43. The van der Waals surface area contributed by atoms with Gasteiger partial charge in [0.15, 0.2) is 11.6 Å². The predicted octanol–water partition coefficient (Wildman–Crippen LogP) is 12.6. The Morgan fingerprint density at radius 3 is 2.00 bits per heavy atom. The minimum Gasteiger partial charge on any atom is -0.490 e. The van der Waals surface area contributed by atoms with Crippen molar-refractivity contribution in [3.8, 4) is 28.0 Å². The summed E-state index contributed by atoms with van der Waals surface area (Å²) in [5.41, 5.74) is 4.13. The maximum Gasteiger partial charge on any atom is 0.201 e. The van der Waals surface area contributed by atoms with Crippen LogP contribution in [0.3, 0.4) is 0 Å². The zero-order valence-corrected chi connectivity index (χ0v) is 26.7. The van der Waals surface area contributed by atoms with Gasteiger partial charge in [-0.2, -0.15) is 4.39 Å². The van der Waals surface area contributed by atoms with Gasteiger partial charge in [-0.25, -0.2) is 8.78 Å². The van der Waals surface area contributed by atoms with Gasteiger partial charge in [-0.1, -0.05) is 108 Å². The molecule has 0 radical (unpaired) electrons. The largest absolute Gasteiger partial charge is 0.490 e. The molecule has 1 atom stereocenters. The molecule has 236 valence electrons. The number of unbranched alkanes of at least 4 members (excludes halogenated alkanes) is 4. The Hall–Kier alpha value is -3.01. The molecule has 0 spiro atoms. The maximum absolute atomic E-state index is 15.4. The molecule has 1 nitrogen and oxygen atoms in total. The van der Waals surface area contributed by atoms with Crippen molar-refractivity contribution in [1.82, 2.24) is 0 Å². The number of hydrogen-bond acceptors (Lipinski definition) is 1. The number of allylic oxidation sites excluding steroid dienone is 2. The van der Waals surface area contributed by atoms with Crippen molar-refractivity contribution in [3.63, 3.8) is 0 Å². The smallest absolute Gasteiger partial charge is 0.201 e. The lowest BCUT2D eigenvalue weighted by molar-refractivity contribution is 0.189. The van der Waals surface area contributed by atoms with E-state index in [-0.39, 0.29) is 17.1 Å². The molecule has 0 aliphatic heterocycles. The molecule has 2 aliphatic rings. The summed E-state index contributed by atoms with van der Waals surface area (Å²) in [6.07, 6.45) is 19.2. The molecule has 44 heavy (non-hydrogen) atoms. The topological polar surface area (TPSA) is 9.23 Å². The fourth-order valence-electron chi connectivity index (χ4n) is 7.43. The molecule has 4 heteroatoms. The van der Waals surface area contributed by atoms with Crippen LogP contribution < -0.4 is 4.74 Å². The van der Waals surface area contributed by atoms with Gasteiger partial charge in [-0.15, -0.1) is 0 Å². The summed E-state index contributed by atoms with van der Waals surface area (Å²) in [5.74, 6) is 0.345. The van der Waals surface area contributed by atoms with Crippen LogP contribution in [0.25, 0.3) is 27.8 Å². The van der Waals surface area contributed by atoms with Crippen molar-refractivity contribution >= 4 is 5.57 Å². The Balaban J connectivity index is 1.19. The van der Waals surface area contributed by atoms with Crippen molar-refractivity contribution in [2.24, 2.45) is 17.8 Å². The van der Waals surface area contributed by atoms with E-state index < -0.39 is 11.6 Å². The van der Waals surface area contributed by atoms with E-state index in [1.54, 1.807) is 36.4 Å². The quantitative estimate of drug-likeness (QED) is 0.177. The number of ether oxygens (including phenoxy) is 1. The van der Waals surface area contributed by atoms with E-state index in [1.165, 1.54) is 63.0 Å². The van der Waals surface area contributed by atoms with Gasteiger partial charge < -0.3 is 4.74 Å². The standard InChI is InChI=1S/C40H49F3O/c1-3-5-6-7-8-26-44-38-25-24-36(39(42)40(38)43)33-20-18-32(19-21-33)35-23-22-34(27-37(35)41)31-16-14-30(15-17-31)29-12-10-28(9-4-2)11-13-29/h16,18-25,27-30H,3-15,17,26H2,1-2H3. The third kappa shape index (κ3) is 7.98. The zero-order chi connectivity index (χ0) is 30.9. The van der Waals surface area contributed by atoms with E-state index in [0.29, 0.717) is 23.3 Å². The van der Waals surface area contributed by atoms with Gasteiger partial charge in [-0.3, -0.25) is 0 Å². The molecule has 5 rings (SSSR count). The molecule has 1 unspecified atom stereocenters. The van der Waals surface area contributed by atoms with Crippen LogP contribution in [-0.4, -0.2) is 6.61 Å². The molecule has 0 heterocycles. The van der Waals surface area contributed by atoms with E-state index in [2.05, 4.69) is 19.9 Å². The number of hydrogen-bond donors (Lipinski definition) is 0. The minimum absolute atomic E-state index is 0.0568. The second-order valence-corrected chi connectivity index (χ2v) is 13.1. The lowest BCUT2D eigenvalue weighted by atomic mass is 9.70. The number of rotatable bonds is 13. The molecule has 0 aromatic heterocycles. The number of halogens is 3. The first-order valence-corrected chi connectivity index (χ1v) is 17.2. The molecule has 3 aromatic carbocycles. The molecular weight excluding hydrogens is 553 g/mol. The van der Waals surface area contributed by atoms with E-state index >= 15 is 4.39 Å². The maximum atomic E-state index is 15.4. The summed E-state index contributed by atoms with van der Waals surface area (Å²) < 4.78 is 50.6. The Kier molecular flexibility index (Phi) is 11.6. The Morgan fingerprint density at radius 2 is 1.34 bits per heavy atom. The monoisotopic (exact) mass is 602 g/mol. The summed E-state index contributed by atoms with van der Waals surface area (Å²) >= 11 is 0. The van der Waals surface area contributed by atoms with E-state index in [4.69, 9.17) is 4.74 Å². The normalized spacial score (nSPS) is 20.4. The predicted molar refractivity (Wildman–Crippen MR) is 177 cm³/mol. The zero-order valence-electron chi connectivity index (χ0n) is 26.7.